The molecule has 3 aromatic rings. The van der Waals surface area contributed by atoms with Crippen molar-refractivity contribution in [3.05, 3.63) is 72.0 Å². The zero-order chi connectivity index (χ0) is 16.6. The van der Waals surface area contributed by atoms with E-state index >= 15 is 0 Å². The van der Waals surface area contributed by atoms with E-state index in [0.717, 1.165) is 22.1 Å². The molecule has 0 fully saturated rings. The van der Waals surface area contributed by atoms with Gasteiger partial charge in [-0.05, 0) is 29.8 Å². The number of ether oxygens (including phenoxy) is 1. The van der Waals surface area contributed by atoms with Gasteiger partial charge in [-0.15, -0.1) is 0 Å². The monoisotopic (exact) mass is 319 g/mol. The van der Waals surface area contributed by atoms with Gasteiger partial charge >= 0.3 is 6.09 Å². The number of alkyl carbamates (subject to hydrolysis) is 1. The molecule has 4 nitrogen and oxygen atoms in total. The molecule has 1 amide bonds. The van der Waals surface area contributed by atoms with Gasteiger partial charge in [0.15, 0.2) is 0 Å². The summed E-state index contributed by atoms with van der Waals surface area (Å²) in [6, 6.07) is 17.3. The Morgan fingerprint density at radius 1 is 1.12 bits per heavy atom. The molecule has 0 atom stereocenters. The maximum absolute atomic E-state index is 11.6. The van der Waals surface area contributed by atoms with E-state index in [1.807, 2.05) is 54.6 Å². The molecule has 120 valence electrons. The van der Waals surface area contributed by atoms with Crippen molar-refractivity contribution < 1.29 is 13.9 Å². The molecule has 1 heterocycles. The summed E-state index contributed by atoms with van der Waals surface area (Å²) in [5, 5.41) is 3.72. The zero-order valence-corrected chi connectivity index (χ0v) is 13.1. The van der Waals surface area contributed by atoms with Gasteiger partial charge in [-0.1, -0.05) is 42.2 Å². The zero-order valence-electron chi connectivity index (χ0n) is 13.1. The van der Waals surface area contributed by atoms with Gasteiger partial charge in [0, 0.05) is 23.9 Å². The average Bonchev–Trinajstić information content (AvgIpc) is 3.08. The summed E-state index contributed by atoms with van der Waals surface area (Å²) in [5.74, 6) is 6.11. The van der Waals surface area contributed by atoms with Crippen molar-refractivity contribution in [2.75, 3.05) is 6.54 Å². The third-order valence-electron chi connectivity index (χ3n) is 3.42. The summed E-state index contributed by atoms with van der Waals surface area (Å²) in [7, 11) is 0. The number of rotatable bonds is 4. The third kappa shape index (κ3) is 4.40. The number of hydrogen-bond donors (Lipinski definition) is 1. The predicted molar refractivity (Wildman–Crippen MR) is 92.3 cm³/mol. The van der Waals surface area contributed by atoms with E-state index in [1.165, 1.54) is 0 Å². The number of carbonyl (C=O) groups excluding carboxylic acids is 1. The van der Waals surface area contributed by atoms with Crippen LogP contribution in [0.1, 0.15) is 17.5 Å². The van der Waals surface area contributed by atoms with E-state index in [9.17, 15) is 4.79 Å². The third-order valence-corrected chi connectivity index (χ3v) is 3.42. The van der Waals surface area contributed by atoms with E-state index < -0.39 is 6.09 Å². The van der Waals surface area contributed by atoms with Gasteiger partial charge in [-0.3, -0.25) is 0 Å². The molecular weight excluding hydrogens is 302 g/mol. The van der Waals surface area contributed by atoms with Crippen LogP contribution in [0.4, 0.5) is 4.79 Å². The molecule has 0 saturated carbocycles. The number of fused-ring (bicyclic) bond motifs is 1. The lowest BCUT2D eigenvalue weighted by atomic mass is 10.1. The second kappa shape index (κ2) is 7.89. The van der Waals surface area contributed by atoms with Crippen LogP contribution < -0.4 is 5.32 Å². The van der Waals surface area contributed by atoms with Gasteiger partial charge in [0.05, 0.1) is 6.26 Å². The molecule has 0 bridgehead atoms. The van der Waals surface area contributed by atoms with Crippen LogP contribution in [0.2, 0.25) is 0 Å². The van der Waals surface area contributed by atoms with Crippen LogP contribution in [0, 0.1) is 11.8 Å². The molecule has 0 aliphatic rings. The first-order chi connectivity index (χ1) is 11.8. The molecule has 4 heteroatoms. The average molecular weight is 319 g/mol. The minimum atomic E-state index is -0.430. The molecule has 0 saturated heterocycles. The Bertz CT molecular complexity index is 872. The second-order valence-corrected chi connectivity index (χ2v) is 5.21. The molecule has 3 rings (SSSR count). The highest BCUT2D eigenvalue weighted by molar-refractivity contribution is 5.78. The predicted octanol–water partition coefficient (Wildman–Crippen LogP) is 4.10. The smallest absolute Gasteiger partial charge is 0.407 e. The van der Waals surface area contributed by atoms with Crippen LogP contribution in [0.5, 0.6) is 0 Å². The number of carbonyl (C=O) groups is 1. The van der Waals surface area contributed by atoms with E-state index in [4.69, 9.17) is 9.15 Å². The largest absolute Gasteiger partial charge is 0.464 e. The van der Waals surface area contributed by atoms with Gasteiger partial charge < -0.3 is 14.5 Å². The maximum Gasteiger partial charge on any atom is 0.407 e. The quantitative estimate of drug-likeness (QED) is 0.582. The number of nitrogens with one attached hydrogen (secondary N) is 1. The van der Waals surface area contributed by atoms with Crippen LogP contribution in [-0.4, -0.2) is 12.6 Å². The molecule has 0 spiro atoms. The second-order valence-electron chi connectivity index (χ2n) is 5.21. The molecule has 0 aliphatic heterocycles. The molecule has 1 aromatic heterocycles. The minimum Gasteiger partial charge on any atom is -0.464 e. The highest BCUT2D eigenvalue weighted by Crippen LogP contribution is 2.16. The minimum absolute atomic E-state index is 0.267. The summed E-state index contributed by atoms with van der Waals surface area (Å²) in [4.78, 5) is 11.6. The van der Waals surface area contributed by atoms with Crippen molar-refractivity contribution >= 4 is 17.1 Å². The number of furan rings is 1. The maximum atomic E-state index is 11.6. The number of hydrogen-bond acceptors (Lipinski definition) is 3. The summed E-state index contributed by atoms with van der Waals surface area (Å²) in [5.41, 5.74) is 2.74. The van der Waals surface area contributed by atoms with Gasteiger partial charge in [-0.25, -0.2) is 4.79 Å². The molecular formula is C20H17NO3. The Balaban J connectivity index is 1.39. The lowest BCUT2D eigenvalue weighted by molar-refractivity contribution is 0.140. The molecule has 0 radical (unpaired) electrons. The fourth-order valence-electron chi connectivity index (χ4n) is 2.21. The first-order valence-electron chi connectivity index (χ1n) is 7.72. The van der Waals surface area contributed by atoms with Crippen LogP contribution in [0.25, 0.3) is 11.0 Å². The highest BCUT2D eigenvalue weighted by Gasteiger charge is 2.00. The van der Waals surface area contributed by atoms with Crippen molar-refractivity contribution in [2.45, 2.75) is 13.0 Å². The fraction of sp³-hybridized carbons (Fsp3) is 0.150. The van der Waals surface area contributed by atoms with Crippen molar-refractivity contribution in [3.8, 4) is 11.8 Å². The molecule has 0 aliphatic carbocycles. The van der Waals surface area contributed by atoms with E-state index in [-0.39, 0.29) is 6.61 Å². The van der Waals surface area contributed by atoms with Crippen molar-refractivity contribution in [1.29, 1.82) is 0 Å². The van der Waals surface area contributed by atoms with Gasteiger partial charge in [0.1, 0.15) is 12.2 Å². The summed E-state index contributed by atoms with van der Waals surface area (Å²) < 4.78 is 10.4. The van der Waals surface area contributed by atoms with E-state index in [2.05, 4.69) is 17.2 Å². The van der Waals surface area contributed by atoms with Crippen molar-refractivity contribution in [1.82, 2.24) is 5.32 Å². The molecule has 2 aromatic carbocycles. The Morgan fingerprint density at radius 2 is 2.00 bits per heavy atom. The number of amides is 1. The number of benzene rings is 2. The highest BCUT2D eigenvalue weighted by atomic mass is 16.5. The van der Waals surface area contributed by atoms with Crippen LogP contribution >= 0.6 is 0 Å². The summed E-state index contributed by atoms with van der Waals surface area (Å²) in [6.45, 7) is 0.720. The summed E-state index contributed by atoms with van der Waals surface area (Å²) in [6.07, 6.45) is 1.79. The molecule has 0 unspecified atom stereocenters. The molecule has 1 N–H and O–H groups in total. The van der Waals surface area contributed by atoms with Gasteiger partial charge in [0.25, 0.3) is 0 Å². The summed E-state index contributed by atoms with van der Waals surface area (Å²) >= 11 is 0. The topological polar surface area (TPSA) is 51.5 Å². The fourth-order valence-corrected chi connectivity index (χ4v) is 2.21. The Labute approximate surface area is 140 Å². The van der Waals surface area contributed by atoms with Crippen molar-refractivity contribution in [3.63, 3.8) is 0 Å². The first kappa shape index (κ1) is 15.7. The lowest BCUT2D eigenvalue weighted by Crippen LogP contribution is -2.24. The van der Waals surface area contributed by atoms with Gasteiger partial charge in [0.2, 0.25) is 0 Å². The van der Waals surface area contributed by atoms with Gasteiger partial charge in [-0.2, -0.15) is 0 Å². The SMILES string of the molecule is O=C(NCCC#Cc1ccc2occc2c1)OCc1ccccc1. The lowest BCUT2D eigenvalue weighted by Gasteiger charge is -2.05. The first-order valence-corrected chi connectivity index (χ1v) is 7.72. The Hall–Kier alpha value is -3.19. The van der Waals surface area contributed by atoms with Crippen molar-refractivity contribution in [2.24, 2.45) is 0 Å². The van der Waals surface area contributed by atoms with Crippen LogP contribution in [-0.2, 0) is 11.3 Å². The Morgan fingerprint density at radius 3 is 2.88 bits per heavy atom. The standard InChI is InChI=1S/C20H17NO3/c22-20(24-15-17-7-2-1-3-8-17)21-12-5-4-6-16-9-10-19-18(14-16)11-13-23-19/h1-3,7-11,13-14H,5,12,15H2,(H,21,22). The van der Waals surface area contributed by atoms with Crippen LogP contribution in [0.3, 0.4) is 0 Å². The Kier molecular flexibility index (Phi) is 5.16. The molecule has 24 heavy (non-hydrogen) atoms. The van der Waals surface area contributed by atoms with E-state index in [0.29, 0.717) is 13.0 Å². The van der Waals surface area contributed by atoms with E-state index in [1.54, 1.807) is 6.26 Å². The normalized spacial score (nSPS) is 10.0. The van der Waals surface area contributed by atoms with Crippen LogP contribution in [0.15, 0.2) is 65.3 Å².